The SMILES string of the molecule is CCC(C)(NC(=O)CN(C)c1ccc(Cl)cn1)C(=O)O. The maximum atomic E-state index is 11.9. The number of nitrogens with one attached hydrogen (secondary N) is 1. The Balaban J connectivity index is 2.66. The fraction of sp³-hybridized carbons (Fsp3) is 0.462. The molecule has 0 aliphatic rings. The largest absolute Gasteiger partial charge is 0.480 e. The maximum absolute atomic E-state index is 11.9. The third kappa shape index (κ3) is 4.09. The van der Waals surface area contributed by atoms with E-state index in [1.807, 2.05) is 0 Å². The van der Waals surface area contributed by atoms with Gasteiger partial charge in [0, 0.05) is 13.2 Å². The summed E-state index contributed by atoms with van der Waals surface area (Å²) in [5.74, 6) is -0.852. The molecule has 0 saturated heterocycles. The van der Waals surface area contributed by atoms with Crippen molar-refractivity contribution in [2.24, 2.45) is 0 Å². The lowest BCUT2D eigenvalue weighted by atomic mass is 9.99. The smallest absolute Gasteiger partial charge is 0.329 e. The number of halogens is 1. The Morgan fingerprint density at radius 2 is 2.15 bits per heavy atom. The van der Waals surface area contributed by atoms with Crippen LogP contribution < -0.4 is 10.2 Å². The van der Waals surface area contributed by atoms with Crippen molar-refractivity contribution in [3.63, 3.8) is 0 Å². The van der Waals surface area contributed by atoms with Crippen molar-refractivity contribution < 1.29 is 14.7 Å². The van der Waals surface area contributed by atoms with Crippen LogP contribution >= 0.6 is 11.6 Å². The van der Waals surface area contributed by atoms with Gasteiger partial charge in [0.2, 0.25) is 5.91 Å². The topological polar surface area (TPSA) is 82.5 Å². The zero-order valence-electron chi connectivity index (χ0n) is 11.7. The zero-order valence-corrected chi connectivity index (χ0v) is 12.4. The Morgan fingerprint density at radius 3 is 2.60 bits per heavy atom. The minimum Gasteiger partial charge on any atom is -0.480 e. The Hall–Kier alpha value is -1.82. The third-order valence-corrected chi connectivity index (χ3v) is 3.30. The van der Waals surface area contributed by atoms with Crippen molar-refractivity contribution >= 4 is 29.3 Å². The van der Waals surface area contributed by atoms with E-state index in [4.69, 9.17) is 16.7 Å². The van der Waals surface area contributed by atoms with Crippen molar-refractivity contribution in [2.75, 3.05) is 18.5 Å². The van der Waals surface area contributed by atoms with E-state index in [0.29, 0.717) is 17.3 Å². The van der Waals surface area contributed by atoms with Gasteiger partial charge in [0.05, 0.1) is 11.6 Å². The van der Waals surface area contributed by atoms with E-state index in [2.05, 4.69) is 10.3 Å². The predicted molar refractivity (Wildman–Crippen MR) is 77.0 cm³/mol. The summed E-state index contributed by atoms with van der Waals surface area (Å²) in [6, 6.07) is 3.36. The molecule has 110 valence electrons. The van der Waals surface area contributed by atoms with Gasteiger partial charge >= 0.3 is 5.97 Å². The summed E-state index contributed by atoms with van der Waals surface area (Å²) < 4.78 is 0. The van der Waals surface area contributed by atoms with Crippen LogP contribution in [0.1, 0.15) is 20.3 Å². The van der Waals surface area contributed by atoms with Gasteiger partial charge < -0.3 is 15.3 Å². The third-order valence-electron chi connectivity index (χ3n) is 3.08. The molecule has 20 heavy (non-hydrogen) atoms. The molecule has 0 aliphatic heterocycles. The van der Waals surface area contributed by atoms with E-state index in [-0.39, 0.29) is 12.5 Å². The van der Waals surface area contributed by atoms with Gasteiger partial charge in [-0.25, -0.2) is 9.78 Å². The molecule has 0 aliphatic carbocycles. The standard InChI is InChI=1S/C13H18ClN3O3/c1-4-13(2,12(19)20)16-11(18)8-17(3)10-6-5-9(14)7-15-10/h5-7H,4,8H2,1-3H3,(H,16,18)(H,19,20). The van der Waals surface area contributed by atoms with Crippen LogP contribution in [0.4, 0.5) is 5.82 Å². The number of anilines is 1. The number of rotatable bonds is 6. The Bertz CT molecular complexity index is 492. The number of carboxylic acid groups (broad SMARTS) is 1. The highest BCUT2D eigenvalue weighted by molar-refractivity contribution is 6.30. The average Bonchev–Trinajstić information content (AvgIpc) is 2.38. The summed E-state index contributed by atoms with van der Waals surface area (Å²) in [6.07, 6.45) is 1.79. The summed E-state index contributed by atoms with van der Waals surface area (Å²) in [5, 5.41) is 12.1. The summed E-state index contributed by atoms with van der Waals surface area (Å²) in [5.41, 5.74) is -1.26. The molecule has 0 fully saturated rings. The number of aliphatic carboxylic acids is 1. The number of likely N-dealkylation sites (N-methyl/N-ethyl adjacent to an activating group) is 1. The van der Waals surface area contributed by atoms with Crippen molar-refractivity contribution in [2.45, 2.75) is 25.8 Å². The molecule has 1 unspecified atom stereocenters. The van der Waals surface area contributed by atoms with Gasteiger partial charge in [-0.15, -0.1) is 0 Å². The van der Waals surface area contributed by atoms with Crippen LogP contribution in [0.3, 0.4) is 0 Å². The highest BCUT2D eigenvalue weighted by Gasteiger charge is 2.32. The van der Waals surface area contributed by atoms with Gasteiger partial charge in [-0.2, -0.15) is 0 Å². The first-order valence-corrected chi connectivity index (χ1v) is 6.53. The van der Waals surface area contributed by atoms with Crippen molar-refractivity contribution in [3.8, 4) is 0 Å². The highest BCUT2D eigenvalue weighted by Crippen LogP contribution is 2.13. The van der Waals surface area contributed by atoms with Crippen LogP contribution in [0.2, 0.25) is 5.02 Å². The molecule has 7 heteroatoms. The van der Waals surface area contributed by atoms with Crippen LogP contribution in [0.25, 0.3) is 0 Å². The Morgan fingerprint density at radius 1 is 1.50 bits per heavy atom. The zero-order chi connectivity index (χ0) is 15.3. The number of pyridine rings is 1. The maximum Gasteiger partial charge on any atom is 0.329 e. The highest BCUT2D eigenvalue weighted by atomic mass is 35.5. The van der Waals surface area contributed by atoms with Crippen molar-refractivity contribution in [3.05, 3.63) is 23.4 Å². The van der Waals surface area contributed by atoms with Gasteiger partial charge in [-0.3, -0.25) is 4.79 Å². The number of nitrogens with zero attached hydrogens (tertiary/aromatic N) is 2. The van der Waals surface area contributed by atoms with Gasteiger partial charge in [-0.1, -0.05) is 18.5 Å². The fourth-order valence-electron chi connectivity index (χ4n) is 1.53. The first kappa shape index (κ1) is 16.2. The summed E-state index contributed by atoms with van der Waals surface area (Å²) >= 11 is 5.74. The molecule has 0 bridgehead atoms. The molecule has 1 rings (SSSR count). The Labute approximate surface area is 122 Å². The number of hydrogen-bond acceptors (Lipinski definition) is 4. The second-order valence-corrected chi connectivity index (χ2v) is 5.17. The molecule has 0 spiro atoms. The molecule has 0 saturated carbocycles. The average molecular weight is 300 g/mol. The number of carbonyl (C=O) groups excluding carboxylic acids is 1. The minimum absolute atomic E-state index is 0.0114. The van der Waals surface area contributed by atoms with Crippen molar-refractivity contribution in [1.29, 1.82) is 0 Å². The van der Waals surface area contributed by atoms with Crippen LogP contribution in [0.5, 0.6) is 0 Å². The molecule has 2 N–H and O–H groups in total. The van der Waals surface area contributed by atoms with Gasteiger partial charge in [0.15, 0.2) is 0 Å². The Kier molecular flexibility index (Phi) is 5.33. The number of carbonyl (C=O) groups is 2. The van der Waals surface area contributed by atoms with E-state index in [0.717, 1.165) is 0 Å². The molecule has 0 radical (unpaired) electrons. The van der Waals surface area contributed by atoms with Crippen LogP contribution in [0.15, 0.2) is 18.3 Å². The van der Waals surface area contributed by atoms with Crippen molar-refractivity contribution in [1.82, 2.24) is 10.3 Å². The molecular weight excluding hydrogens is 282 g/mol. The van der Waals surface area contributed by atoms with Gasteiger partial charge in [0.1, 0.15) is 11.4 Å². The van der Waals surface area contributed by atoms with E-state index >= 15 is 0 Å². The summed E-state index contributed by atoms with van der Waals surface area (Å²) in [4.78, 5) is 28.7. The van der Waals surface area contributed by atoms with E-state index < -0.39 is 11.5 Å². The quantitative estimate of drug-likeness (QED) is 0.832. The lowest BCUT2D eigenvalue weighted by molar-refractivity contribution is -0.146. The molecule has 1 aromatic rings. The molecule has 1 amide bonds. The van der Waals surface area contributed by atoms with Crippen LogP contribution in [-0.2, 0) is 9.59 Å². The lowest BCUT2D eigenvalue weighted by Crippen LogP contribution is -2.54. The second kappa shape index (κ2) is 6.56. The molecule has 6 nitrogen and oxygen atoms in total. The number of hydrogen-bond donors (Lipinski definition) is 2. The number of amides is 1. The number of aromatic nitrogens is 1. The van der Waals surface area contributed by atoms with Crippen LogP contribution in [-0.4, -0.2) is 41.1 Å². The first-order valence-electron chi connectivity index (χ1n) is 6.15. The molecule has 1 aromatic heterocycles. The van der Waals surface area contributed by atoms with Gasteiger partial charge in [0.25, 0.3) is 0 Å². The normalized spacial score (nSPS) is 13.4. The minimum atomic E-state index is -1.26. The summed E-state index contributed by atoms with van der Waals surface area (Å²) in [7, 11) is 1.69. The second-order valence-electron chi connectivity index (χ2n) is 4.73. The number of carboxylic acids is 1. The van der Waals surface area contributed by atoms with E-state index in [1.165, 1.54) is 13.1 Å². The molecule has 1 atom stereocenters. The molecular formula is C13H18ClN3O3. The monoisotopic (exact) mass is 299 g/mol. The van der Waals surface area contributed by atoms with Gasteiger partial charge in [-0.05, 0) is 25.5 Å². The van der Waals surface area contributed by atoms with E-state index in [9.17, 15) is 9.59 Å². The summed E-state index contributed by atoms with van der Waals surface area (Å²) in [6.45, 7) is 3.20. The first-order chi connectivity index (χ1) is 9.28. The molecule has 1 heterocycles. The molecule has 0 aromatic carbocycles. The predicted octanol–water partition coefficient (Wildman–Crippen LogP) is 1.54. The fourth-order valence-corrected chi connectivity index (χ4v) is 1.64. The van der Waals surface area contributed by atoms with E-state index in [1.54, 1.807) is 31.0 Å². The lowest BCUT2D eigenvalue weighted by Gasteiger charge is -2.26. The van der Waals surface area contributed by atoms with Crippen LogP contribution in [0, 0.1) is 0 Å².